The van der Waals surface area contributed by atoms with Gasteiger partial charge in [-0.25, -0.2) is 4.98 Å². The van der Waals surface area contributed by atoms with Gasteiger partial charge in [-0.2, -0.15) is 0 Å². The minimum absolute atomic E-state index is 0.316. The number of hydrogen-bond acceptors (Lipinski definition) is 7. The second kappa shape index (κ2) is 9.25. The third kappa shape index (κ3) is 4.11. The van der Waals surface area contributed by atoms with Gasteiger partial charge in [0.2, 0.25) is 5.91 Å². The largest absolute Gasteiger partial charge is 0.379 e. The Morgan fingerprint density at radius 3 is 2.32 bits per heavy atom. The molecule has 1 aromatic heterocycles. The summed E-state index contributed by atoms with van der Waals surface area (Å²) in [5.74, 6) is -1.19. The van der Waals surface area contributed by atoms with Crippen molar-refractivity contribution >= 4 is 44.4 Å². The highest BCUT2D eigenvalue weighted by molar-refractivity contribution is 7.22. The Kier molecular flexibility index (Phi) is 6.16. The fourth-order valence-corrected chi connectivity index (χ4v) is 5.52. The Morgan fingerprint density at radius 1 is 1.03 bits per heavy atom. The van der Waals surface area contributed by atoms with E-state index < -0.39 is 11.8 Å². The number of benzene rings is 2. The van der Waals surface area contributed by atoms with Gasteiger partial charge in [0.1, 0.15) is 6.54 Å². The molecular formula is C25H26N4O4S. The Morgan fingerprint density at radius 2 is 1.68 bits per heavy atom. The molecule has 2 aromatic carbocycles. The van der Waals surface area contributed by atoms with Crippen LogP contribution in [0.4, 0.5) is 5.13 Å². The summed E-state index contributed by atoms with van der Waals surface area (Å²) in [6.45, 7) is 7.74. The molecule has 0 N–H and O–H groups in total. The quantitative estimate of drug-likeness (QED) is 0.507. The second-order valence-electron chi connectivity index (χ2n) is 8.61. The number of morpholine rings is 1. The maximum Gasteiger partial charge on any atom is 0.262 e. The highest BCUT2D eigenvalue weighted by Gasteiger charge is 2.37. The molecule has 3 aromatic rings. The van der Waals surface area contributed by atoms with Gasteiger partial charge < -0.3 is 4.74 Å². The molecule has 176 valence electrons. The van der Waals surface area contributed by atoms with Crippen molar-refractivity contribution in [1.29, 1.82) is 0 Å². The lowest BCUT2D eigenvalue weighted by molar-refractivity contribution is -0.119. The molecule has 34 heavy (non-hydrogen) atoms. The van der Waals surface area contributed by atoms with E-state index in [1.54, 1.807) is 29.2 Å². The molecule has 9 heteroatoms. The number of carbonyl (C=O) groups excluding carboxylic acids is 3. The third-order valence-corrected chi connectivity index (χ3v) is 7.59. The van der Waals surface area contributed by atoms with Crippen LogP contribution in [-0.2, 0) is 9.53 Å². The molecule has 0 radical (unpaired) electrons. The van der Waals surface area contributed by atoms with E-state index in [9.17, 15) is 14.4 Å². The number of rotatable bonds is 6. The van der Waals surface area contributed by atoms with Crippen LogP contribution in [0.2, 0.25) is 0 Å². The van der Waals surface area contributed by atoms with Gasteiger partial charge in [-0.3, -0.25) is 29.1 Å². The summed E-state index contributed by atoms with van der Waals surface area (Å²) in [5.41, 5.74) is 3.71. The highest BCUT2D eigenvalue weighted by Crippen LogP contribution is 2.33. The average Bonchev–Trinajstić information content (AvgIpc) is 3.40. The lowest BCUT2D eigenvalue weighted by atomic mass is 10.1. The van der Waals surface area contributed by atoms with Crippen molar-refractivity contribution in [3.8, 4) is 0 Å². The molecule has 1 saturated heterocycles. The van der Waals surface area contributed by atoms with Gasteiger partial charge in [-0.1, -0.05) is 35.6 Å². The van der Waals surface area contributed by atoms with Gasteiger partial charge in [-0.05, 0) is 37.1 Å². The Labute approximate surface area is 201 Å². The predicted octanol–water partition coefficient (Wildman–Crippen LogP) is 2.87. The number of aryl methyl sites for hydroxylation is 2. The van der Waals surface area contributed by atoms with Crippen molar-refractivity contribution in [2.45, 2.75) is 13.8 Å². The summed E-state index contributed by atoms with van der Waals surface area (Å²) in [4.78, 5) is 49.0. The standard InChI is InChI=1S/C25H26N4O4S/c1-16-7-8-17(2)22-21(16)26-25(34-22)28(10-9-27-11-13-33-14-12-27)20(30)15-29-23(31)18-5-3-4-6-19(18)24(29)32/h3-8H,9-15H2,1-2H3. The van der Waals surface area contributed by atoms with Crippen LogP contribution in [-0.4, -0.2) is 78.4 Å². The summed E-state index contributed by atoms with van der Waals surface area (Å²) >= 11 is 1.47. The molecule has 0 bridgehead atoms. The van der Waals surface area contributed by atoms with E-state index in [0.717, 1.165) is 39.3 Å². The van der Waals surface area contributed by atoms with Crippen LogP contribution in [0, 0.1) is 13.8 Å². The maximum absolute atomic E-state index is 13.6. The molecule has 3 heterocycles. The zero-order chi connectivity index (χ0) is 23.8. The molecule has 0 saturated carbocycles. The van der Waals surface area contributed by atoms with Crippen LogP contribution in [0.3, 0.4) is 0 Å². The number of aromatic nitrogens is 1. The molecule has 5 rings (SSSR count). The first-order valence-electron chi connectivity index (χ1n) is 11.4. The summed E-state index contributed by atoms with van der Waals surface area (Å²) in [6.07, 6.45) is 0. The Balaban J connectivity index is 1.43. The zero-order valence-electron chi connectivity index (χ0n) is 19.2. The SMILES string of the molecule is Cc1ccc(C)c2sc(N(CCN3CCOCC3)C(=O)CN3C(=O)c4ccccc4C3=O)nc12. The van der Waals surface area contributed by atoms with Crippen molar-refractivity contribution in [2.24, 2.45) is 0 Å². The normalized spacial score (nSPS) is 16.4. The van der Waals surface area contributed by atoms with E-state index in [1.807, 2.05) is 19.9 Å². The van der Waals surface area contributed by atoms with Crippen molar-refractivity contribution in [2.75, 3.05) is 50.8 Å². The molecule has 0 atom stereocenters. The summed E-state index contributed by atoms with van der Waals surface area (Å²) in [6, 6.07) is 10.8. The molecule has 3 amide bonds. The first-order chi connectivity index (χ1) is 16.4. The number of amides is 3. The lowest BCUT2D eigenvalue weighted by Crippen LogP contribution is -2.47. The summed E-state index contributed by atoms with van der Waals surface area (Å²) in [7, 11) is 0. The van der Waals surface area contributed by atoms with Crippen molar-refractivity contribution in [1.82, 2.24) is 14.8 Å². The van der Waals surface area contributed by atoms with Gasteiger partial charge >= 0.3 is 0 Å². The third-order valence-electron chi connectivity index (χ3n) is 6.38. The number of nitrogens with zero attached hydrogens (tertiary/aromatic N) is 4. The van der Waals surface area contributed by atoms with Gasteiger partial charge in [0.25, 0.3) is 11.8 Å². The number of ether oxygens (including phenoxy) is 1. The fourth-order valence-electron chi connectivity index (χ4n) is 4.36. The van der Waals surface area contributed by atoms with Gasteiger partial charge in [0.15, 0.2) is 5.13 Å². The first kappa shape index (κ1) is 22.6. The molecular weight excluding hydrogens is 452 g/mol. The van der Waals surface area contributed by atoms with Gasteiger partial charge in [-0.15, -0.1) is 0 Å². The van der Waals surface area contributed by atoms with Crippen LogP contribution >= 0.6 is 11.3 Å². The second-order valence-corrected chi connectivity index (χ2v) is 9.59. The van der Waals surface area contributed by atoms with Gasteiger partial charge in [0, 0.05) is 26.2 Å². The van der Waals surface area contributed by atoms with E-state index in [4.69, 9.17) is 9.72 Å². The summed E-state index contributed by atoms with van der Waals surface area (Å²) < 4.78 is 6.48. The molecule has 8 nitrogen and oxygen atoms in total. The smallest absolute Gasteiger partial charge is 0.262 e. The number of carbonyl (C=O) groups is 3. The van der Waals surface area contributed by atoms with Crippen LogP contribution in [0.1, 0.15) is 31.8 Å². The van der Waals surface area contributed by atoms with Crippen molar-refractivity contribution in [3.05, 3.63) is 58.7 Å². The highest BCUT2D eigenvalue weighted by atomic mass is 32.1. The number of anilines is 1. The number of hydrogen-bond donors (Lipinski definition) is 0. The molecule has 0 unspecified atom stereocenters. The maximum atomic E-state index is 13.6. The van der Waals surface area contributed by atoms with Crippen LogP contribution in [0.5, 0.6) is 0 Å². The number of fused-ring (bicyclic) bond motifs is 2. The fraction of sp³-hybridized carbons (Fsp3) is 0.360. The molecule has 1 fully saturated rings. The molecule has 0 spiro atoms. The van der Waals surface area contributed by atoms with Gasteiger partial charge in [0.05, 0.1) is 34.6 Å². The number of thiazole rings is 1. The zero-order valence-corrected chi connectivity index (χ0v) is 20.1. The topological polar surface area (TPSA) is 83.0 Å². The van der Waals surface area contributed by atoms with Crippen LogP contribution < -0.4 is 4.90 Å². The van der Waals surface area contributed by atoms with Crippen molar-refractivity contribution < 1.29 is 19.1 Å². The molecule has 2 aliphatic heterocycles. The lowest BCUT2D eigenvalue weighted by Gasteiger charge is -2.29. The van der Waals surface area contributed by atoms with E-state index in [2.05, 4.69) is 11.0 Å². The van der Waals surface area contributed by atoms with Crippen molar-refractivity contribution in [3.63, 3.8) is 0 Å². The summed E-state index contributed by atoms with van der Waals surface area (Å²) in [5, 5.41) is 0.585. The molecule has 2 aliphatic rings. The monoisotopic (exact) mass is 478 g/mol. The minimum Gasteiger partial charge on any atom is -0.379 e. The van der Waals surface area contributed by atoms with E-state index in [1.165, 1.54) is 11.3 Å². The Bertz CT molecular complexity index is 1210. The van der Waals surface area contributed by atoms with E-state index in [0.29, 0.717) is 42.6 Å². The van der Waals surface area contributed by atoms with Crippen LogP contribution in [0.15, 0.2) is 36.4 Å². The van der Waals surface area contributed by atoms with E-state index >= 15 is 0 Å². The van der Waals surface area contributed by atoms with Crippen LogP contribution in [0.25, 0.3) is 10.2 Å². The van der Waals surface area contributed by atoms with E-state index in [-0.39, 0.29) is 12.5 Å². The Hall–Kier alpha value is -3.14. The molecule has 0 aliphatic carbocycles. The minimum atomic E-state index is -0.432. The first-order valence-corrected chi connectivity index (χ1v) is 12.2. The predicted molar refractivity (Wildman–Crippen MR) is 131 cm³/mol. The number of imide groups is 1. The average molecular weight is 479 g/mol.